The van der Waals surface area contributed by atoms with Crippen LogP contribution < -0.4 is 5.43 Å². The quantitative estimate of drug-likeness (QED) is 0.326. The third-order valence-electron chi connectivity index (χ3n) is 3.43. The van der Waals surface area contributed by atoms with Crippen molar-refractivity contribution in [2.24, 2.45) is 5.10 Å². The number of H-pyrrole nitrogens is 1. The second-order valence-electron chi connectivity index (χ2n) is 5.15. The summed E-state index contributed by atoms with van der Waals surface area (Å²) in [5.74, 6) is -0.383. The first-order valence-electron chi connectivity index (χ1n) is 7.28. The molecule has 9 heteroatoms. The van der Waals surface area contributed by atoms with Crippen LogP contribution in [-0.4, -0.2) is 27.4 Å². The molecule has 1 amide bonds. The van der Waals surface area contributed by atoms with E-state index in [9.17, 15) is 9.90 Å². The summed E-state index contributed by atoms with van der Waals surface area (Å²) >= 11 is 9.91. The second-order valence-corrected chi connectivity index (χ2v) is 7.65. The molecule has 0 fully saturated rings. The van der Waals surface area contributed by atoms with Crippen molar-refractivity contribution >= 4 is 59.9 Å². The SMILES string of the molecule is O=C(N/N=C/c1c(Br)cc(Br)c(O)c1Br)c1cc(-c2ccccc2)n[nH]1. The molecule has 0 bridgehead atoms. The third-order valence-corrected chi connectivity index (χ3v) is 5.50. The van der Waals surface area contributed by atoms with E-state index < -0.39 is 5.91 Å². The van der Waals surface area contributed by atoms with E-state index in [0.29, 0.717) is 24.7 Å². The number of hydrogen-bond donors (Lipinski definition) is 3. The van der Waals surface area contributed by atoms with Crippen molar-refractivity contribution < 1.29 is 9.90 Å². The van der Waals surface area contributed by atoms with Crippen LogP contribution in [0.5, 0.6) is 5.75 Å². The molecule has 3 aromatic rings. The highest BCUT2D eigenvalue weighted by Gasteiger charge is 2.13. The van der Waals surface area contributed by atoms with Gasteiger partial charge in [-0.05, 0) is 44.0 Å². The van der Waals surface area contributed by atoms with Crippen LogP contribution in [0.1, 0.15) is 16.1 Å². The smallest absolute Gasteiger partial charge is 0.289 e. The van der Waals surface area contributed by atoms with Gasteiger partial charge >= 0.3 is 0 Å². The predicted octanol–water partition coefficient (Wildman–Crippen LogP) is 4.83. The third kappa shape index (κ3) is 4.05. The molecule has 0 atom stereocenters. The van der Waals surface area contributed by atoms with Crippen LogP contribution in [0, 0.1) is 0 Å². The van der Waals surface area contributed by atoms with Crippen molar-refractivity contribution in [3.63, 3.8) is 0 Å². The van der Waals surface area contributed by atoms with Crippen molar-refractivity contribution in [3.8, 4) is 17.0 Å². The van der Waals surface area contributed by atoms with Gasteiger partial charge in [-0.1, -0.05) is 46.3 Å². The fourth-order valence-corrected chi connectivity index (χ4v) is 4.45. The highest BCUT2D eigenvalue weighted by atomic mass is 79.9. The van der Waals surface area contributed by atoms with Crippen molar-refractivity contribution in [2.75, 3.05) is 0 Å². The van der Waals surface area contributed by atoms with Gasteiger partial charge in [-0.2, -0.15) is 10.2 Å². The lowest BCUT2D eigenvalue weighted by atomic mass is 10.1. The topological polar surface area (TPSA) is 90.4 Å². The number of carbonyl (C=O) groups excluding carboxylic acids is 1. The first-order valence-corrected chi connectivity index (χ1v) is 9.66. The van der Waals surface area contributed by atoms with Crippen molar-refractivity contribution in [3.05, 3.63) is 67.1 Å². The van der Waals surface area contributed by atoms with Gasteiger partial charge in [0.1, 0.15) is 11.4 Å². The summed E-state index contributed by atoms with van der Waals surface area (Å²) in [4.78, 5) is 12.2. The van der Waals surface area contributed by atoms with Crippen molar-refractivity contribution in [1.82, 2.24) is 15.6 Å². The lowest BCUT2D eigenvalue weighted by Gasteiger charge is -2.06. The first kappa shape index (κ1) is 18.8. The minimum absolute atomic E-state index is 0.0436. The highest BCUT2D eigenvalue weighted by Crippen LogP contribution is 2.38. The van der Waals surface area contributed by atoms with Crippen molar-refractivity contribution in [2.45, 2.75) is 0 Å². The van der Waals surface area contributed by atoms with E-state index in [4.69, 9.17) is 0 Å². The summed E-state index contributed by atoms with van der Waals surface area (Å²) in [5, 5.41) is 20.7. The summed E-state index contributed by atoms with van der Waals surface area (Å²) in [6, 6.07) is 12.9. The fraction of sp³-hybridized carbons (Fsp3) is 0. The van der Waals surface area contributed by atoms with E-state index in [2.05, 4.69) is 68.5 Å². The maximum absolute atomic E-state index is 12.2. The molecule has 2 aromatic carbocycles. The van der Waals surface area contributed by atoms with Crippen molar-refractivity contribution in [1.29, 1.82) is 0 Å². The monoisotopic (exact) mass is 540 g/mol. The second kappa shape index (κ2) is 8.15. The van der Waals surface area contributed by atoms with Gasteiger partial charge in [0.25, 0.3) is 5.91 Å². The van der Waals surface area contributed by atoms with Gasteiger partial charge in [-0.25, -0.2) is 5.43 Å². The van der Waals surface area contributed by atoms with E-state index >= 15 is 0 Å². The molecular weight excluding hydrogens is 532 g/mol. The Morgan fingerprint density at radius 2 is 1.88 bits per heavy atom. The number of benzene rings is 2. The molecule has 0 spiro atoms. The van der Waals surface area contributed by atoms with E-state index in [1.54, 1.807) is 12.1 Å². The molecule has 3 N–H and O–H groups in total. The number of hydrogen-bond acceptors (Lipinski definition) is 4. The Balaban J connectivity index is 1.73. The summed E-state index contributed by atoms with van der Waals surface area (Å²) in [6.07, 6.45) is 1.42. The molecule has 0 aliphatic rings. The van der Waals surface area contributed by atoms with Gasteiger partial charge in [-0.15, -0.1) is 0 Å². The van der Waals surface area contributed by atoms with Gasteiger partial charge in [0.15, 0.2) is 0 Å². The Labute approximate surface area is 174 Å². The Hall–Kier alpha value is -1.97. The number of carbonyl (C=O) groups is 1. The molecule has 1 heterocycles. The average molecular weight is 543 g/mol. The van der Waals surface area contributed by atoms with Gasteiger partial charge in [-0.3, -0.25) is 9.89 Å². The zero-order valence-electron chi connectivity index (χ0n) is 13.0. The van der Waals surface area contributed by atoms with Crippen LogP contribution in [0.2, 0.25) is 0 Å². The molecule has 0 radical (unpaired) electrons. The fourth-order valence-electron chi connectivity index (χ4n) is 2.12. The van der Waals surface area contributed by atoms with Crippen LogP contribution in [0.25, 0.3) is 11.3 Å². The van der Waals surface area contributed by atoms with E-state index in [-0.39, 0.29) is 11.4 Å². The molecule has 0 aliphatic carbocycles. The molecule has 0 unspecified atom stereocenters. The van der Waals surface area contributed by atoms with E-state index in [1.807, 2.05) is 30.3 Å². The van der Waals surface area contributed by atoms with E-state index in [1.165, 1.54) is 6.21 Å². The molecule has 3 rings (SSSR count). The van der Waals surface area contributed by atoms with Crippen LogP contribution in [0.4, 0.5) is 0 Å². The molecule has 132 valence electrons. The summed E-state index contributed by atoms with van der Waals surface area (Å²) in [7, 11) is 0. The van der Waals surface area contributed by atoms with Gasteiger partial charge < -0.3 is 5.11 Å². The zero-order chi connectivity index (χ0) is 18.7. The van der Waals surface area contributed by atoms with E-state index in [0.717, 1.165) is 5.56 Å². The summed E-state index contributed by atoms with van der Waals surface area (Å²) in [5.41, 5.74) is 4.87. The largest absolute Gasteiger partial charge is 0.506 e. The molecule has 0 saturated heterocycles. The van der Waals surface area contributed by atoms with Gasteiger partial charge in [0.05, 0.1) is 20.9 Å². The lowest BCUT2D eigenvalue weighted by molar-refractivity contribution is 0.0950. The Kier molecular flexibility index (Phi) is 5.90. The zero-order valence-corrected chi connectivity index (χ0v) is 17.8. The first-order chi connectivity index (χ1) is 12.5. The number of aromatic hydroxyl groups is 1. The Morgan fingerprint density at radius 3 is 2.62 bits per heavy atom. The minimum atomic E-state index is -0.426. The van der Waals surface area contributed by atoms with Crippen LogP contribution in [0.3, 0.4) is 0 Å². The number of aromatic nitrogens is 2. The summed E-state index contributed by atoms with van der Waals surface area (Å²) in [6.45, 7) is 0. The number of aromatic amines is 1. The summed E-state index contributed by atoms with van der Waals surface area (Å²) < 4.78 is 1.67. The maximum atomic E-state index is 12.2. The molecule has 1 aromatic heterocycles. The molecule has 26 heavy (non-hydrogen) atoms. The maximum Gasteiger partial charge on any atom is 0.289 e. The predicted molar refractivity (Wildman–Crippen MR) is 110 cm³/mol. The van der Waals surface area contributed by atoms with Gasteiger partial charge in [0, 0.05) is 15.6 Å². The molecule has 6 nitrogen and oxygen atoms in total. The number of amides is 1. The number of rotatable bonds is 4. The van der Waals surface area contributed by atoms with Gasteiger partial charge in [0.2, 0.25) is 0 Å². The minimum Gasteiger partial charge on any atom is -0.506 e. The van der Waals surface area contributed by atoms with Crippen LogP contribution >= 0.6 is 47.8 Å². The molecular formula is C17H11Br3N4O2. The lowest BCUT2D eigenvalue weighted by Crippen LogP contribution is -2.18. The normalized spacial score (nSPS) is 11.0. The number of phenols is 1. The van der Waals surface area contributed by atoms with Crippen LogP contribution in [-0.2, 0) is 0 Å². The number of phenolic OH excluding ortho intramolecular Hbond substituents is 1. The molecule has 0 saturated carbocycles. The number of nitrogens with zero attached hydrogens (tertiary/aromatic N) is 2. The standard InChI is InChI=1S/C17H11Br3N4O2/c18-11-6-12(19)16(25)15(20)10(11)8-21-24-17(26)14-7-13(22-23-14)9-4-2-1-3-5-9/h1-8,25H,(H,22,23)(H,24,26)/b21-8+. The molecule has 0 aliphatic heterocycles. The Morgan fingerprint density at radius 1 is 1.15 bits per heavy atom. The number of nitrogens with one attached hydrogen (secondary N) is 2. The van der Waals surface area contributed by atoms with Crippen LogP contribution in [0.15, 0.2) is 61.0 Å². The average Bonchev–Trinajstić information content (AvgIpc) is 3.13. The number of halogens is 3. The number of hydrazone groups is 1. The Bertz CT molecular complexity index is 987. The highest BCUT2D eigenvalue weighted by molar-refractivity contribution is 9.11.